The van der Waals surface area contributed by atoms with Crippen LogP contribution in [0.1, 0.15) is 31.7 Å². The van der Waals surface area contributed by atoms with Gasteiger partial charge in [0.05, 0.1) is 11.3 Å². The van der Waals surface area contributed by atoms with Gasteiger partial charge in [0.25, 0.3) is 0 Å². The van der Waals surface area contributed by atoms with Crippen molar-refractivity contribution < 1.29 is 14.7 Å². The number of aliphatic carboxylic acids is 1. The highest BCUT2D eigenvalue weighted by molar-refractivity contribution is 9.10. The van der Waals surface area contributed by atoms with Crippen LogP contribution in [-0.2, 0) is 15.0 Å². The highest BCUT2D eigenvalue weighted by atomic mass is 79.9. The van der Waals surface area contributed by atoms with E-state index in [0.29, 0.717) is 13.0 Å². The fraction of sp³-hybridized carbons (Fsp3) is 0.467. The summed E-state index contributed by atoms with van der Waals surface area (Å²) in [6.07, 6.45) is 2.17. The molecule has 2 N–H and O–H groups in total. The van der Waals surface area contributed by atoms with Crippen LogP contribution in [0.25, 0.3) is 0 Å². The monoisotopic (exact) mass is 339 g/mol. The highest BCUT2D eigenvalue weighted by Crippen LogP contribution is 2.48. The molecular formula is C15H18BrNO3. The molecule has 0 aromatic heterocycles. The van der Waals surface area contributed by atoms with E-state index in [1.54, 1.807) is 6.92 Å². The Morgan fingerprint density at radius 2 is 1.95 bits per heavy atom. The zero-order valence-corrected chi connectivity index (χ0v) is 12.9. The number of carboxylic acids is 1. The summed E-state index contributed by atoms with van der Waals surface area (Å²) in [7, 11) is 0. The summed E-state index contributed by atoms with van der Waals surface area (Å²) >= 11 is 3.38. The Morgan fingerprint density at radius 1 is 1.35 bits per heavy atom. The standard InChI is InChI=1S/C15H18BrNO3/c1-10(13(18)19)6-9-17-14(20)15(7-8-15)11-2-4-12(16)5-3-11/h2-5,10H,6-9H2,1H3,(H,17,20)(H,18,19). The number of halogens is 1. The molecule has 0 heterocycles. The van der Waals surface area contributed by atoms with Crippen molar-refractivity contribution in [2.24, 2.45) is 5.92 Å². The number of carboxylic acid groups (broad SMARTS) is 1. The van der Waals surface area contributed by atoms with Gasteiger partial charge < -0.3 is 10.4 Å². The maximum Gasteiger partial charge on any atom is 0.306 e. The number of nitrogens with one attached hydrogen (secondary N) is 1. The number of rotatable bonds is 6. The normalized spacial score (nSPS) is 17.3. The minimum atomic E-state index is -0.826. The molecule has 1 aliphatic rings. The predicted molar refractivity (Wildman–Crippen MR) is 79.5 cm³/mol. The van der Waals surface area contributed by atoms with E-state index in [1.807, 2.05) is 24.3 Å². The smallest absolute Gasteiger partial charge is 0.306 e. The van der Waals surface area contributed by atoms with E-state index in [4.69, 9.17) is 5.11 Å². The summed E-state index contributed by atoms with van der Waals surface area (Å²) in [5.41, 5.74) is 0.636. The summed E-state index contributed by atoms with van der Waals surface area (Å²) in [6, 6.07) is 7.82. The van der Waals surface area contributed by atoms with Crippen molar-refractivity contribution in [1.29, 1.82) is 0 Å². The summed E-state index contributed by atoms with van der Waals surface area (Å²) in [5.74, 6) is -1.25. The topological polar surface area (TPSA) is 66.4 Å². The van der Waals surface area contributed by atoms with Crippen LogP contribution in [-0.4, -0.2) is 23.5 Å². The van der Waals surface area contributed by atoms with Crippen molar-refractivity contribution in [2.75, 3.05) is 6.54 Å². The molecule has 0 aliphatic heterocycles. The van der Waals surface area contributed by atoms with Crippen molar-refractivity contribution >= 4 is 27.8 Å². The van der Waals surface area contributed by atoms with Gasteiger partial charge in [-0.05, 0) is 37.0 Å². The maximum atomic E-state index is 12.3. The molecule has 5 heteroatoms. The van der Waals surface area contributed by atoms with Gasteiger partial charge in [-0.3, -0.25) is 9.59 Å². The lowest BCUT2D eigenvalue weighted by Crippen LogP contribution is -2.36. The van der Waals surface area contributed by atoms with Crippen LogP contribution in [0.15, 0.2) is 28.7 Å². The summed E-state index contributed by atoms with van der Waals surface area (Å²) in [5, 5.41) is 11.7. The zero-order valence-electron chi connectivity index (χ0n) is 11.4. The Bertz CT molecular complexity index is 508. The molecule has 1 saturated carbocycles. The van der Waals surface area contributed by atoms with E-state index in [2.05, 4.69) is 21.2 Å². The van der Waals surface area contributed by atoms with Crippen molar-refractivity contribution in [3.63, 3.8) is 0 Å². The van der Waals surface area contributed by atoms with Gasteiger partial charge >= 0.3 is 5.97 Å². The first kappa shape index (κ1) is 15.0. The van der Waals surface area contributed by atoms with Crippen LogP contribution < -0.4 is 5.32 Å². The third-order valence-electron chi connectivity index (χ3n) is 3.87. The average molecular weight is 340 g/mol. The molecular weight excluding hydrogens is 322 g/mol. The second kappa shape index (κ2) is 5.95. The summed E-state index contributed by atoms with van der Waals surface area (Å²) in [4.78, 5) is 23.0. The molecule has 0 radical (unpaired) electrons. The zero-order chi connectivity index (χ0) is 14.8. The van der Waals surface area contributed by atoms with Gasteiger partial charge in [0.1, 0.15) is 0 Å². The van der Waals surface area contributed by atoms with Crippen LogP contribution in [0.5, 0.6) is 0 Å². The Balaban J connectivity index is 1.92. The molecule has 1 fully saturated rings. The third-order valence-corrected chi connectivity index (χ3v) is 4.39. The van der Waals surface area contributed by atoms with E-state index in [-0.39, 0.29) is 5.91 Å². The van der Waals surface area contributed by atoms with E-state index in [9.17, 15) is 9.59 Å². The molecule has 1 amide bonds. The summed E-state index contributed by atoms with van der Waals surface area (Å²) in [6.45, 7) is 2.06. The number of amides is 1. The van der Waals surface area contributed by atoms with Gasteiger partial charge in [-0.25, -0.2) is 0 Å². The molecule has 20 heavy (non-hydrogen) atoms. The quantitative estimate of drug-likeness (QED) is 0.837. The second-order valence-corrected chi connectivity index (χ2v) is 6.29. The fourth-order valence-corrected chi connectivity index (χ4v) is 2.50. The third kappa shape index (κ3) is 3.20. The predicted octanol–water partition coefficient (Wildman–Crippen LogP) is 2.71. The molecule has 1 aliphatic carbocycles. The number of hydrogen-bond acceptors (Lipinski definition) is 2. The lowest BCUT2D eigenvalue weighted by Gasteiger charge is -2.16. The lowest BCUT2D eigenvalue weighted by molar-refractivity contribution is -0.141. The fourth-order valence-electron chi connectivity index (χ4n) is 2.24. The second-order valence-electron chi connectivity index (χ2n) is 5.37. The Kier molecular flexibility index (Phi) is 4.48. The molecule has 1 unspecified atom stereocenters. The number of carbonyl (C=O) groups excluding carboxylic acids is 1. The van der Waals surface area contributed by atoms with Gasteiger partial charge in [-0.2, -0.15) is 0 Å². The average Bonchev–Trinajstić information content (AvgIpc) is 3.20. The Morgan fingerprint density at radius 3 is 2.45 bits per heavy atom. The molecule has 2 rings (SSSR count). The van der Waals surface area contributed by atoms with Crippen LogP contribution in [0.4, 0.5) is 0 Å². The number of hydrogen-bond donors (Lipinski definition) is 2. The van der Waals surface area contributed by atoms with Gasteiger partial charge in [-0.15, -0.1) is 0 Å². The lowest BCUT2D eigenvalue weighted by atomic mass is 9.95. The van der Waals surface area contributed by atoms with E-state index < -0.39 is 17.3 Å². The number of benzene rings is 1. The van der Waals surface area contributed by atoms with E-state index in [1.165, 1.54) is 0 Å². The van der Waals surface area contributed by atoms with Gasteiger partial charge in [0.2, 0.25) is 5.91 Å². The minimum Gasteiger partial charge on any atom is -0.481 e. The Labute approximate surface area is 126 Å². The molecule has 0 saturated heterocycles. The SMILES string of the molecule is CC(CCNC(=O)C1(c2ccc(Br)cc2)CC1)C(=O)O. The van der Waals surface area contributed by atoms with Crippen LogP contribution in [0, 0.1) is 5.92 Å². The first-order chi connectivity index (χ1) is 9.45. The largest absolute Gasteiger partial charge is 0.481 e. The maximum absolute atomic E-state index is 12.3. The molecule has 0 spiro atoms. The van der Waals surface area contributed by atoms with Crippen LogP contribution >= 0.6 is 15.9 Å². The van der Waals surface area contributed by atoms with Crippen molar-refractivity contribution in [2.45, 2.75) is 31.6 Å². The number of carbonyl (C=O) groups is 2. The summed E-state index contributed by atoms with van der Waals surface area (Å²) < 4.78 is 0.993. The van der Waals surface area contributed by atoms with Gasteiger partial charge in [0, 0.05) is 11.0 Å². The first-order valence-electron chi connectivity index (χ1n) is 6.73. The molecule has 1 aromatic rings. The van der Waals surface area contributed by atoms with Gasteiger partial charge in [-0.1, -0.05) is 35.0 Å². The molecule has 4 nitrogen and oxygen atoms in total. The van der Waals surface area contributed by atoms with Crippen molar-refractivity contribution in [3.05, 3.63) is 34.3 Å². The van der Waals surface area contributed by atoms with E-state index >= 15 is 0 Å². The van der Waals surface area contributed by atoms with Crippen LogP contribution in [0.3, 0.4) is 0 Å². The molecule has 108 valence electrons. The van der Waals surface area contributed by atoms with Crippen molar-refractivity contribution in [1.82, 2.24) is 5.32 Å². The molecule has 1 aromatic carbocycles. The van der Waals surface area contributed by atoms with Gasteiger partial charge in [0.15, 0.2) is 0 Å². The molecule has 1 atom stereocenters. The molecule has 0 bridgehead atoms. The first-order valence-corrected chi connectivity index (χ1v) is 7.52. The van der Waals surface area contributed by atoms with Crippen LogP contribution in [0.2, 0.25) is 0 Å². The Hall–Kier alpha value is -1.36. The highest BCUT2D eigenvalue weighted by Gasteiger charge is 2.50. The van der Waals surface area contributed by atoms with Crippen molar-refractivity contribution in [3.8, 4) is 0 Å². The van der Waals surface area contributed by atoms with E-state index in [0.717, 1.165) is 22.9 Å². The minimum absolute atomic E-state index is 0.0115.